The fourth-order valence-corrected chi connectivity index (χ4v) is 2.76. The molecular formula is C15H15F3N4O. The van der Waals surface area contributed by atoms with Crippen molar-refractivity contribution in [1.29, 1.82) is 0 Å². The van der Waals surface area contributed by atoms with Crippen LogP contribution in [0.1, 0.15) is 27.7 Å². The van der Waals surface area contributed by atoms with Gasteiger partial charge in [0.15, 0.2) is 0 Å². The lowest BCUT2D eigenvalue weighted by molar-refractivity contribution is -0.142. The number of benzene rings is 1. The van der Waals surface area contributed by atoms with E-state index in [4.69, 9.17) is 5.73 Å². The molecule has 1 aromatic heterocycles. The van der Waals surface area contributed by atoms with Gasteiger partial charge >= 0.3 is 6.18 Å². The molecule has 5 nitrogen and oxygen atoms in total. The number of hydrogen-bond donors (Lipinski definition) is 2. The highest BCUT2D eigenvalue weighted by Crippen LogP contribution is 2.29. The number of carbonyl (C=O) groups is 1. The monoisotopic (exact) mass is 324 g/mol. The first-order chi connectivity index (χ1) is 10.8. The van der Waals surface area contributed by atoms with Gasteiger partial charge in [0.05, 0.1) is 12.1 Å². The van der Waals surface area contributed by atoms with Gasteiger partial charge in [0.1, 0.15) is 12.2 Å². The first-order valence-corrected chi connectivity index (χ1v) is 7.08. The zero-order valence-corrected chi connectivity index (χ0v) is 12.0. The number of carbonyl (C=O) groups excluding carboxylic acids is 1. The lowest BCUT2D eigenvalue weighted by Crippen LogP contribution is -2.40. The molecule has 2 atom stereocenters. The summed E-state index contributed by atoms with van der Waals surface area (Å²) < 4.78 is 37.6. The maximum absolute atomic E-state index is 12.3. The van der Waals surface area contributed by atoms with Crippen molar-refractivity contribution in [2.75, 3.05) is 0 Å². The van der Waals surface area contributed by atoms with E-state index in [-0.39, 0.29) is 17.8 Å². The van der Waals surface area contributed by atoms with Gasteiger partial charge in [0.2, 0.25) is 0 Å². The van der Waals surface area contributed by atoms with Crippen LogP contribution in [-0.2, 0) is 13.0 Å². The van der Waals surface area contributed by atoms with Crippen LogP contribution in [0.15, 0.2) is 36.5 Å². The highest BCUT2D eigenvalue weighted by Gasteiger charge is 2.32. The second kappa shape index (κ2) is 5.69. The third kappa shape index (κ3) is 3.37. The smallest absolute Gasteiger partial charge is 0.346 e. The molecule has 3 rings (SSSR count). The largest absolute Gasteiger partial charge is 0.408 e. The van der Waals surface area contributed by atoms with E-state index in [2.05, 4.69) is 10.4 Å². The molecule has 122 valence electrons. The average Bonchev–Trinajstić information content (AvgIpc) is 3.04. The van der Waals surface area contributed by atoms with Crippen LogP contribution in [0.3, 0.4) is 0 Å². The predicted octanol–water partition coefficient (Wildman–Crippen LogP) is 1.80. The summed E-state index contributed by atoms with van der Waals surface area (Å²) in [6, 6.07) is 8.24. The summed E-state index contributed by atoms with van der Waals surface area (Å²) in [5.74, 6) is -0.529. The molecule has 0 spiro atoms. The molecule has 23 heavy (non-hydrogen) atoms. The molecule has 1 aliphatic rings. The normalized spacial score (nSPS) is 20.3. The van der Waals surface area contributed by atoms with Gasteiger partial charge in [0.25, 0.3) is 5.91 Å². The number of nitrogens with zero attached hydrogens (tertiary/aromatic N) is 2. The molecule has 1 aromatic carbocycles. The van der Waals surface area contributed by atoms with Crippen LogP contribution < -0.4 is 11.1 Å². The fraction of sp³-hybridized carbons (Fsp3) is 0.333. The molecule has 1 aliphatic carbocycles. The van der Waals surface area contributed by atoms with Crippen molar-refractivity contribution in [3.05, 3.63) is 53.3 Å². The molecule has 3 N–H and O–H groups in total. The maximum Gasteiger partial charge on any atom is 0.408 e. The van der Waals surface area contributed by atoms with Crippen molar-refractivity contribution in [2.45, 2.75) is 31.2 Å². The third-order valence-corrected chi connectivity index (χ3v) is 3.82. The van der Waals surface area contributed by atoms with Crippen molar-refractivity contribution < 1.29 is 18.0 Å². The van der Waals surface area contributed by atoms with Gasteiger partial charge in [-0.3, -0.25) is 9.48 Å². The Hall–Kier alpha value is -2.35. The van der Waals surface area contributed by atoms with Gasteiger partial charge in [-0.2, -0.15) is 18.3 Å². The van der Waals surface area contributed by atoms with Crippen molar-refractivity contribution >= 4 is 5.91 Å². The molecule has 8 heteroatoms. The Morgan fingerprint density at radius 3 is 2.78 bits per heavy atom. The molecule has 0 radical (unpaired) electrons. The lowest BCUT2D eigenvalue weighted by atomic mass is 10.1. The van der Waals surface area contributed by atoms with Gasteiger partial charge in [-0.25, -0.2) is 0 Å². The molecule has 1 heterocycles. The maximum atomic E-state index is 12.3. The SMILES string of the molecule is N[C@@H]1c2ccccc2C[C@H]1NC(=O)c1ccn(CC(F)(F)F)n1. The molecule has 0 fully saturated rings. The highest BCUT2D eigenvalue weighted by molar-refractivity contribution is 5.92. The van der Waals surface area contributed by atoms with E-state index >= 15 is 0 Å². The first-order valence-electron chi connectivity index (χ1n) is 7.08. The van der Waals surface area contributed by atoms with Crippen molar-refractivity contribution in [3.8, 4) is 0 Å². The van der Waals surface area contributed by atoms with E-state index in [0.29, 0.717) is 11.1 Å². The summed E-state index contributed by atoms with van der Waals surface area (Å²) in [5, 5.41) is 6.40. The Kier molecular flexibility index (Phi) is 3.85. The van der Waals surface area contributed by atoms with Crippen LogP contribution in [0, 0.1) is 0 Å². The third-order valence-electron chi connectivity index (χ3n) is 3.82. The number of hydrogen-bond acceptors (Lipinski definition) is 3. The zero-order valence-electron chi connectivity index (χ0n) is 12.0. The summed E-state index contributed by atoms with van der Waals surface area (Å²) in [6.45, 7) is -1.23. The molecule has 2 aromatic rings. The van der Waals surface area contributed by atoms with E-state index in [9.17, 15) is 18.0 Å². The second-order valence-electron chi connectivity index (χ2n) is 5.52. The summed E-state index contributed by atoms with van der Waals surface area (Å²) in [6.07, 6.45) is -2.66. The Bertz CT molecular complexity index is 726. The zero-order chi connectivity index (χ0) is 16.6. The second-order valence-corrected chi connectivity index (χ2v) is 5.52. The van der Waals surface area contributed by atoms with Crippen LogP contribution in [0.25, 0.3) is 0 Å². The van der Waals surface area contributed by atoms with Crippen LogP contribution in [0.2, 0.25) is 0 Å². The van der Waals surface area contributed by atoms with E-state index in [1.54, 1.807) is 0 Å². The molecule has 1 amide bonds. The van der Waals surface area contributed by atoms with Crippen LogP contribution in [-0.4, -0.2) is 27.9 Å². The number of amides is 1. The quantitative estimate of drug-likeness (QED) is 0.904. The molecule has 0 aliphatic heterocycles. The van der Waals surface area contributed by atoms with Crippen molar-refractivity contribution in [2.24, 2.45) is 5.73 Å². The number of halogens is 3. The minimum atomic E-state index is -4.38. The minimum Gasteiger partial charge on any atom is -0.346 e. The van der Waals surface area contributed by atoms with Crippen molar-refractivity contribution in [3.63, 3.8) is 0 Å². The summed E-state index contributed by atoms with van der Waals surface area (Å²) in [5.41, 5.74) is 8.09. The predicted molar refractivity (Wildman–Crippen MR) is 76.6 cm³/mol. The Morgan fingerprint density at radius 1 is 1.35 bits per heavy atom. The molecule has 0 saturated heterocycles. The summed E-state index contributed by atoms with van der Waals surface area (Å²) in [7, 11) is 0. The number of aromatic nitrogens is 2. The average molecular weight is 324 g/mol. The topological polar surface area (TPSA) is 72.9 Å². The number of fused-ring (bicyclic) bond motifs is 1. The van der Waals surface area contributed by atoms with Gasteiger partial charge in [-0.15, -0.1) is 0 Å². The Balaban J connectivity index is 1.67. The van der Waals surface area contributed by atoms with E-state index in [0.717, 1.165) is 17.3 Å². The fourth-order valence-electron chi connectivity index (χ4n) is 2.76. The van der Waals surface area contributed by atoms with E-state index in [1.807, 2.05) is 24.3 Å². The highest BCUT2D eigenvalue weighted by atomic mass is 19.4. The van der Waals surface area contributed by atoms with E-state index < -0.39 is 18.6 Å². The van der Waals surface area contributed by atoms with Gasteiger partial charge in [0, 0.05) is 6.20 Å². The Labute approximate surface area is 130 Å². The minimum absolute atomic E-state index is 0.0580. The van der Waals surface area contributed by atoms with E-state index in [1.165, 1.54) is 6.07 Å². The van der Waals surface area contributed by atoms with Gasteiger partial charge < -0.3 is 11.1 Å². The van der Waals surface area contributed by atoms with Crippen LogP contribution >= 0.6 is 0 Å². The Morgan fingerprint density at radius 2 is 2.09 bits per heavy atom. The number of alkyl halides is 3. The number of rotatable bonds is 3. The van der Waals surface area contributed by atoms with Gasteiger partial charge in [-0.1, -0.05) is 24.3 Å². The molecule has 0 bridgehead atoms. The van der Waals surface area contributed by atoms with Crippen LogP contribution in [0.4, 0.5) is 13.2 Å². The summed E-state index contributed by atoms with van der Waals surface area (Å²) >= 11 is 0. The number of nitrogens with one attached hydrogen (secondary N) is 1. The lowest BCUT2D eigenvalue weighted by Gasteiger charge is -2.17. The molecule has 0 saturated carbocycles. The van der Waals surface area contributed by atoms with Crippen molar-refractivity contribution in [1.82, 2.24) is 15.1 Å². The number of nitrogens with two attached hydrogens (primary N) is 1. The standard InChI is InChI=1S/C15H15F3N4O/c16-15(17,18)8-22-6-5-11(21-22)14(23)20-12-7-9-3-1-2-4-10(9)13(12)19/h1-6,12-13H,7-8,19H2,(H,20,23)/t12-,13-/m1/s1. The van der Waals surface area contributed by atoms with Crippen LogP contribution in [0.5, 0.6) is 0 Å². The molecular weight excluding hydrogens is 309 g/mol. The summed E-state index contributed by atoms with van der Waals surface area (Å²) in [4.78, 5) is 12.2. The van der Waals surface area contributed by atoms with Gasteiger partial charge in [-0.05, 0) is 23.6 Å². The molecule has 0 unspecified atom stereocenters. The first kappa shape index (κ1) is 15.5.